The maximum Gasteiger partial charge on any atom is 0.330 e. The second-order valence-electron chi connectivity index (χ2n) is 4.46. The zero-order chi connectivity index (χ0) is 10.7. The fourth-order valence-electron chi connectivity index (χ4n) is 2.79. The van der Waals surface area contributed by atoms with Crippen LogP contribution in [0.1, 0.15) is 25.7 Å². The van der Waals surface area contributed by atoms with Gasteiger partial charge in [-0.25, -0.2) is 4.79 Å². The number of carbonyl (C=O) groups excluding carboxylic acids is 1. The van der Waals surface area contributed by atoms with Crippen molar-refractivity contribution < 1.29 is 14.3 Å². The van der Waals surface area contributed by atoms with Crippen molar-refractivity contribution in [3.63, 3.8) is 0 Å². The molecule has 2 fully saturated rings. The average Bonchev–Trinajstić information content (AvgIpc) is 2.85. The maximum absolute atomic E-state index is 10.7. The molecular weight excluding hydrogens is 192 g/mol. The molecule has 0 aliphatic heterocycles. The molecule has 3 unspecified atom stereocenters. The number of esters is 1. The Kier molecular flexibility index (Phi) is 3.41. The van der Waals surface area contributed by atoms with Crippen LogP contribution >= 0.6 is 0 Å². The topological polar surface area (TPSA) is 35.5 Å². The molecule has 2 aliphatic carbocycles. The normalized spacial score (nSPS) is 32.9. The Morgan fingerprint density at radius 3 is 2.80 bits per heavy atom. The number of ether oxygens (including phenoxy) is 2. The van der Waals surface area contributed by atoms with Crippen LogP contribution in [0.4, 0.5) is 0 Å². The van der Waals surface area contributed by atoms with Crippen LogP contribution in [0.3, 0.4) is 0 Å². The highest BCUT2D eigenvalue weighted by atomic mass is 16.6. The molecule has 0 N–H and O–H groups in total. The maximum atomic E-state index is 10.7. The summed E-state index contributed by atoms with van der Waals surface area (Å²) in [6.07, 6.45) is 6.86. The molecule has 2 rings (SSSR count). The van der Waals surface area contributed by atoms with Gasteiger partial charge in [0.25, 0.3) is 0 Å². The molecule has 2 bridgehead atoms. The van der Waals surface area contributed by atoms with Crippen molar-refractivity contribution in [2.24, 2.45) is 11.8 Å². The molecule has 0 aromatic carbocycles. The van der Waals surface area contributed by atoms with Gasteiger partial charge in [0.1, 0.15) is 6.61 Å². The molecule has 0 aromatic rings. The van der Waals surface area contributed by atoms with Crippen molar-refractivity contribution in [3.8, 4) is 0 Å². The van der Waals surface area contributed by atoms with E-state index in [4.69, 9.17) is 9.47 Å². The summed E-state index contributed by atoms with van der Waals surface area (Å²) >= 11 is 0. The van der Waals surface area contributed by atoms with Crippen LogP contribution in [0.15, 0.2) is 12.7 Å². The van der Waals surface area contributed by atoms with E-state index in [-0.39, 0.29) is 5.97 Å². The summed E-state index contributed by atoms with van der Waals surface area (Å²) in [5.74, 6) is 1.30. The van der Waals surface area contributed by atoms with E-state index in [1.54, 1.807) is 0 Å². The highest BCUT2D eigenvalue weighted by Crippen LogP contribution is 2.45. The van der Waals surface area contributed by atoms with E-state index in [0.717, 1.165) is 11.8 Å². The van der Waals surface area contributed by atoms with Crippen molar-refractivity contribution in [2.75, 3.05) is 13.2 Å². The summed E-state index contributed by atoms with van der Waals surface area (Å²) in [5, 5.41) is 0. The lowest BCUT2D eigenvalue weighted by molar-refractivity contribution is -0.140. The molecule has 84 valence electrons. The Hall–Kier alpha value is -0.830. The second-order valence-corrected chi connectivity index (χ2v) is 4.46. The Morgan fingerprint density at radius 1 is 1.33 bits per heavy atom. The standard InChI is InChI=1S/C12H18O3/c1-2-12(13)15-6-5-14-11-8-9-3-4-10(11)7-9/h2,9-11H,1,3-8H2. The molecule has 0 radical (unpaired) electrons. The van der Waals surface area contributed by atoms with Crippen LogP contribution in [-0.2, 0) is 14.3 Å². The van der Waals surface area contributed by atoms with Crippen LogP contribution in [0.2, 0.25) is 0 Å². The van der Waals surface area contributed by atoms with Gasteiger partial charge in [-0.3, -0.25) is 0 Å². The van der Waals surface area contributed by atoms with E-state index in [1.807, 2.05) is 0 Å². The van der Waals surface area contributed by atoms with Crippen molar-refractivity contribution in [3.05, 3.63) is 12.7 Å². The van der Waals surface area contributed by atoms with Gasteiger partial charge < -0.3 is 9.47 Å². The van der Waals surface area contributed by atoms with Crippen molar-refractivity contribution >= 4 is 5.97 Å². The van der Waals surface area contributed by atoms with E-state index in [9.17, 15) is 4.79 Å². The van der Waals surface area contributed by atoms with Crippen molar-refractivity contribution in [1.82, 2.24) is 0 Å². The van der Waals surface area contributed by atoms with Crippen LogP contribution in [0.25, 0.3) is 0 Å². The third-order valence-corrected chi connectivity index (χ3v) is 3.50. The van der Waals surface area contributed by atoms with Gasteiger partial charge in [0, 0.05) is 6.08 Å². The first-order valence-corrected chi connectivity index (χ1v) is 5.70. The van der Waals surface area contributed by atoms with Gasteiger partial charge in [0.15, 0.2) is 0 Å². The molecule has 3 atom stereocenters. The first kappa shape index (κ1) is 10.7. The van der Waals surface area contributed by atoms with Gasteiger partial charge in [-0.1, -0.05) is 6.58 Å². The third-order valence-electron chi connectivity index (χ3n) is 3.50. The predicted molar refractivity (Wildman–Crippen MR) is 56.3 cm³/mol. The molecule has 0 saturated heterocycles. The number of fused-ring (bicyclic) bond motifs is 2. The molecule has 2 aliphatic rings. The van der Waals surface area contributed by atoms with Crippen LogP contribution < -0.4 is 0 Å². The van der Waals surface area contributed by atoms with Gasteiger partial charge in [-0.15, -0.1) is 0 Å². The predicted octanol–water partition coefficient (Wildman–Crippen LogP) is 1.92. The SMILES string of the molecule is C=CC(=O)OCCOC1CC2CCC1C2. The molecule has 0 amide bonds. The first-order chi connectivity index (χ1) is 7.29. The highest BCUT2D eigenvalue weighted by Gasteiger charge is 2.39. The highest BCUT2D eigenvalue weighted by molar-refractivity contribution is 5.81. The quantitative estimate of drug-likeness (QED) is 0.395. The van der Waals surface area contributed by atoms with E-state index < -0.39 is 0 Å². The van der Waals surface area contributed by atoms with Crippen molar-refractivity contribution in [1.29, 1.82) is 0 Å². The summed E-state index contributed by atoms with van der Waals surface area (Å²) in [6.45, 7) is 4.20. The summed E-state index contributed by atoms with van der Waals surface area (Å²) in [4.78, 5) is 10.7. The zero-order valence-electron chi connectivity index (χ0n) is 8.98. The second kappa shape index (κ2) is 4.79. The number of hydrogen-bond acceptors (Lipinski definition) is 3. The monoisotopic (exact) mass is 210 g/mol. The van der Waals surface area contributed by atoms with Gasteiger partial charge in [0.2, 0.25) is 0 Å². The fourth-order valence-corrected chi connectivity index (χ4v) is 2.79. The minimum Gasteiger partial charge on any atom is -0.460 e. The third kappa shape index (κ3) is 2.59. The smallest absolute Gasteiger partial charge is 0.330 e. The van der Waals surface area contributed by atoms with Crippen LogP contribution in [-0.4, -0.2) is 25.3 Å². The Labute approximate surface area is 90.4 Å². The van der Waals surface area contributed by atoms with Gasteiger partial charge in [-0.2, -0.15) is 0 Å². The molecule has 15 heavy (non-hydrogen) atoms. The molecule has 2 saturated carbocycles. The average molecular weight is 210 g/mol. The molecule has 0 aromatic heterocycles. The largest absolute Gasteiger partial charge is 0.460 e. The minimum atomic E-state index is -0.369. The summed E-state index contributed by atoms with van der Waals surface area (Å²) in [6, 6.07) is 0. The molecule has 0 heterocycles. The fraction of sp³-hybridized carbons (Fsp3) is 0.750. The summed E-state index contributed by atoms with van der Waals surface area (Å²) in [5.41, 5.74) is 0. The molecular formula is C12H18O3. The minimum absolute atomic E-state index is 0.346. The number of carbonyl (C=O) groups is 1. The first-order valence-electron chi connectivity index (χ1n) is 5.70. The molecule has 0 spiro atoms. The number of hydrogen-bond donors (Lipinski definition) is 0. The summed E-state index contributed by atoms with van der Waals surface area (Å²) in [7, 11) is 0. The number of rotatable bonds is 5. The van der Waals surface area contributed by atoms with E-state index >= 15 is 0 Å². The lowest BCUT2D eigenvalue weighted by Crippen LogP contribution is -2.22. The lowest BCUT2D eigenvalue weighted by atomic mass is 9.98. The Balaban J connectivity index is 1.59. The zero-order valence-corrected chi connectivity index (χ0v) is 8.98. The van der Waals surface area contributed by atoms with Gasteiger partial charge in [0.05, 0.1) is 12.7 Å². The molecule has 3 nitrogen and oxygen atoms in total. The summed E-state index contributed by atoms with van der Waals surface area (Å²) < 4.78 is 10.6. The van der Waals surface area contributed by atoms with E-state index in [1.165, 1.54) is 31.8 Å². The van der Waals surface area contributed by atoms with Crippen molar-refractivity contribution in [2.45, 2.75) is 31.8 Å². The van der Waals surface area contributed by atoms with E-state index in [2.05, 4.69) is 6.58 Å². The molecule has 3 heteroatoms. The Morgan fingerprint density at radius 2 is 2.20 bits per heavy atom. The lowest BCUT2D eigenvalue weighted by Gasteiger charge is -2.21. The van der Waals surface area contributed by atoms with Gasteiger partial charge >= 0.3 is 5.97 Å². The van der Waals surface area contributed by atoms with Crippen LogP contribution in [0.5, 0.6) is 0 Å². The van der Waals surface area contributed by atoms with Gasteiger partial charge in [-0.05, 0) is 37.5 Å². The van der Waals surface area contributed by atoms with E-state index in [0.29, 0.717) is 19.3 Å². The Bertz CT molecular complexity index is 249. The van der Waals surface area contributed by atoms with Crippen LogP contribution in [0, 0.1) is 11.8 Å².